The summed E-state index contributed by atoms with van der Waals surface area (Å²) in [4.78, 5) is 20.7. The normalized spacial score (nSPS) is 19.1. The van der Waals surface area contributed by atoms with Crippen molar-refractivity contribution in [3.05, 3.63) is 24.2 Å². The highest BCUT2D eigenvalue weighted by molar-refractivity contribution is 5.91. The molecular formula is C17H26N4O2. The molecule has 2 aliphatic rings. The Balaban J connectivity index is 1.42. The third-order valence-electron chi connectivity index (χ3n) is 4.58. The van der Waals surface area contributed by atoms with E-state index in [1.165, 1.54) is 31.9 Å². The average Bonchev–Trinajstić information content (AvgIpc) is 3.25. The third-order valence-corrected chi connectivity index (χ3v) is 4.58. The largest absolute Gasteiger partial charge is 0.459 e. The molecule has 1 amide bonds. The van der Waals surface area contributed by atoms with Crippen LogP contribution in [0.15, 0.2) is 27.8 Å². The summed E-state index contributed by atoms with van der Waals surface area (Å²) in [5, 5.41) is 3.45. The molecule has 0 atom stereocenters. The van der Waals surface area contributed by atoms with Crippen LogP contribution in [0.5, 0.6) is 0 Å². The van der Waals surface area contributed by atoms with Crippen LogP contribution in [0.25, 0.3) is 0 Å². The minimum atomic E-state index is -0.0259. The van der Waals surface area contributed by atoms with Crippen molar-refractivity contribution >= 4 is 11.9 Å². The highest BCUT2D eigenvalue weighted by Gasteiger charge is 2.25. The molecule has 0 radical (unpaired) electrons. The Morgan fingerprint density at radius 3 is 2.65 bits per heavy atom. The van der Waals surface area contributed by atoms with Gasteiger partial charge >= 0.3 is 0 Å². The van der Waals surface area contributed by atoms with Gasteiger partial charge in [-0.05, 0) is 30.9 Å². The van der Waals surface area contributed by atoms with E-state index >= 15 is 0 Å². The van der Waals surface area contributed by atoms with Crippen molar-refractivity contribution in [2.75, 3.05) is 39.8 Å². The van der Waals surface area contributed by atoms with Crippen molar-refractivity contribution in [3.63, 3.8) is 0 Å². The van der Waals surface area contributed by atoms with Gasteiger partial charge < -0.3 is 19.5 Å². The van der Waals surface area contributed by atoms with E-state index in [0.29, 0.717) is 18.8 Å². The summed E-state index contributed by atoms with van der Waals surface area (Å²) >= 11 is 0. The second-order valence-corrected chi connectivity index (χ2v) is 6.32. The van der Waals surface area contributed by atoms with Gasteiger partial charge in [0, 0.05) is 39.8 Å². The molecule has 0 unspecified atom stereocenters. The molecule has 0 aromatic carbocycles. The molecule has 2 heterocycles. The molecule has 1 N–H and O–H groups in total. The van der Waals surface area contributed by atoms with Gasteiger partial charge in [-0.3, -0.25) is 9.79 Å². The molecule has 1 aromatic rings. The van der Waals surface area contributed by atoms with Crippen molar-refractivity contribution in [1.82, 2.24) is 15.1 Å². The van der Waals surface area contributed by atoms with Gasteiger partial charge in [0.05, 0.1) is 6.26 Å². The first kappa shape index (κ1) is 15.9. The van der Waals surface area contributed by atoms with E-state index in [0.717, 1.165) is 31.5 Å². The van der Waals surface area contributed by atoms with E-state index in [4.69, 9.17) is 4.42 Å². The lowest BCUT2D eigenvalue weighted by Gasteiger charge is -2.36. The molecule has 1 aliphatic heterocycles. The molecule has 6 heteroatoms. The van der Waals surface area contributed by atoms with Crippen molar-refractivity contribution in [3.8, 4) is 0 Å². The summed E-state index contributed by atoms with van der Waals surface area (Å²) in [5.41, 5.74) is 0. The Morgan fingerprint density at radius 2 is 2.04 bits per heavy atom. The van der Waals surface area contributed by atoms with E-state index in [2.05, 4.69) is 15.2 Å². The van der Waals surface area contributed by atoms with E-state index < -0.39 is 0 Å². The lowest BCUT2D eigenvalue weighted by Crippen LogP contribution is -2.53. The van der Waals surface area contributed by atoms with Crippen LogP contribution in [0.4, 0.5) is 0 Å². The summed E-state index contributed by atoms with van der Waals surface area (Å²) in [6.45, 7) is 3.98. The highest BCUT2D eigenvalue weighted by atomic mass is 16.3. The number of nitrogens with one attached hydrogen (secondary N) is 1. The first-order valence-electron chi connectivity index (χ1n) is 8.56. The zero-order valence-electron chi connectivity index (χ0n) is 13.8. The van der Waals surface area contributed by atoms with E-state index in [1.54, 1.807) is 12.1 Å². The van der Waals surface area contributed by atoms with Crippen molar-refractivity contribution < 1.29 is 9.21 Å². The Labute approximate surface area is 137 Å². The fourth-order valence-corrected chi connectivity index (χ4v) is 3.01. The molecule has 2 fully saturated rings. The molecule has 23 heavy (non-hydrogen) atoms. The number of carbonyl (C=O) groups is 1. The summed E-state index contributed by atoms with van der Waals surface area (Å²) in [6.07, 6.45) is 6.91. The summed E-state index contributed by atoms with van der Waals surface area (Å²) in [7, 11) is 1.82. The van der Waals surface area contributed by atoms with Gasteiger partial charge in [0.2, 0.25) is 0 Å². The zero-order valence-corrected chi connectivity index (χ0v) is 13.8. The monoisotopic (exact) mass is 318 g/mol. The number of amides is 1. The van der Waals surface area contributed by atoms with Crippen LogP contribution < -0.4 is 5.32 Å². The molecule has 0 spiro atoms. The van der Waals surface area contributed by atoms with E-state index in [1.807, 2.05) is 11.9 Å². The number of aliphatic imine (C=N–C) groups is 1. The van der Waals surface area contributed by atoms with Crippen LogP contribution in [-0.4, -0.2) is 61.4 Å². The summed E-state index contributed by atoms with van der Waals surface area (Å²) < 4.78 is 5.19. The molecule has 1 saturated carbocycles. The predicted octanol–water partition coefficient (Wildman–Crippen LogP) is 1.80. The van der Waals surface area contributed by atoms with Gasteiger partial charge in [-0.15, -0.1) is 0 Å². The van der Waals surface area contributed by atoms with Gasteiger partial charge in [-0.2, -0.15) is 0 Å². The Bertz CT molecular complexity index is 529. The Morgan fingerprint density at radius 1 is 1.30 bits per heavy atom. The smallest absolute Gasteiger partial charge is 0.289 e. The minimum Gasteiger partial charge on any atom is -0.459 e. The predicted molar refractivity (Wildman–Crippen MR) is 89.5 cm³/mol. The quantitative estimate of drug-likeness (QED) is 0.511. The minimum absolute atomic E-state index is 0.0259. The van der Waals surface area contributed by atoms with Crippen LogP contribution in [-0.2, 0) is 0 Å². The van der Waals surface area contributed by atoms with Crippen molar-refractivity contribution in [2.45, 2.75) is 25.7 Å². The standard InChI is InChI=1S/C17H26N4O2/c1-18-17(19-8-2-4-14-6-7-14)21-11-9-20(10-12-21)16(22)15-5-3-13-23-15/h3,5,13-14H,2,4,6-12H2,1H3,(H,18,19). The fourth-order valence-electron chi connectivity index (χ4n) is 3.01. The SMILES string of the molecule is CN=C(NCCCC1CC1)N1CCN(C(=O)c2ccco2)CC1. The number of nitrogens with zero attached hydrogens (tertiary/aromatic N) is 3. The fraction of sp³-hybridized carbons (Fsp3) is 0.647. The number of piperazine rings is 1. The van der Waals surface area contributed by atoms with E-state index in [9.17, 15) is 4.79 Å². The van der Waals surface area contributed by atoms with Crippen LogP contribution in [0.1, 0.15) is 36.2 Å². The molecular weight excluding hydrogens is 292 g/mol. The average molecular weight is 318 g/mol. The number of hydrogen-bond acceptors (Lipinski definition) is 3. The van der Waals surface area contributed by atoms with Crippen molar-refractivity contribution in [1.29, 1.82) is 0 Å². The zero-order chi connectivity index (χ0) is 16.1. The molecule has 126 valence electrons. The molecule has 3 rings (SSSR count). The maximum Gasteiger partial charge on any atom is 0.289 e. The number of furan rings is 1. The van der Waals surface area contributed by atoms with E-state index in [-0.39, 0.29) is 5.91 Å². The Hall–Kier alpha value is -1.98. The molecule has 0 bridgehead atoms. The lowest BCUT2D eigenvalue weighted by atomic mass is 10.2. The topological polar surface area (TPSA) is 61.1 Å². The van der Waals surface area contributed by atoms with Gasteiger partial charge in [0.1, 0.15) is 0 Å². The van der Waals surface area contributed by atoms with Crippen LogP contribution in [0.3, 0.4) is 0 Å². The third kappa shape index (κ3) is 4.27. The van der Waals surface area contributed by atoms with Gasteiger partial charge in [0.15, 0.2) is 11.7 Å². The second kappa shape index (κ2) is 7.53. The van der Waals surface area contributed by atoms with Crippen molar-refractivity contribution in [2.24, 2.45) is 10.9 Å². The number of hydrogen-bond donors (Lipinski definition) is 1. The number of guanidine groups is 1. The van der Waals surface area contributed by atoms with Gasteiger partial charge in [0.25, 0.3) is 5.91 Å². The summed E-state index contributed by atoms with van der Waals surface area (Å²) in [6, 6.07) is 3.46. The maximum atomic E-state index is 12.3. The number of carbonyl (C=O) groups excluding carboxylic acids is 1. The molecule has 1 aliphatic carbocycles. The van der Waals surface area contributed by atoms with Gasteiger partial charge in [-0.25, -0.2) is 0 Å². The highest BCUT2D eigenvalue weighted by Crippen LogP contribution is 2.33. The Kier molecular flexibility index (Phi) is 5.20. The molecule has 1 aromatic heterocycles. The first-order chi connectivity index (χ1) is 11.3. The van der Waals surface area contributed by atoms with Crippen LogP contribution >= 0.6 is 0 Å². The first-order valence-corrected chi connectivity index (χ1v) is 8.56. The molecule has 6 nitrogen and oxygen atoms in total. The lowest BCUT2D eigenvalue weighted by molar-refractivity contribution is 0.0658. The van der Waals surface area contributed by atoms with Crippen LogP contribution in [0.2, 0.25) is 0 Å². The molecule has 1 saturated heterocycles. The number of rotatable bonds is 5. The maximum absolute atomic E-state index is 12.3. The van der Waals surface area contributed by atoms with Gasteiger partial charge in [-0.1, -0.05) is 12.8 Å². The second-order valence-electron chi connectivity index (χ2n) is 6.32. The van der Waals surface area contributed by atoms with Crippen LogP contribution in [0, 0.1) is 5.92 Å². The summed E-state index contributed by atoms with van der Waals surface area (Å²) in [5.74, 6) is 2.32.